The Morgan fingerprint density at radius 3 is 2.11 bits per heavy atom. The van der Waals surface area contributed by atoms with E-state index >= 15 is 0 Å². The van der Waals surface area contributed by atoms with Crippen LogP contribution in [-0.2, 0) is 32.1 Å². The summed E-state index contributed by atoms with van der Waals surface area (Å²) < 4.78 is 27.9. The first-order valence-electron chi connectivity index (χ1n) is 31.1. The van der Waals surface area contributed by atoms with Crippen LogP contribution in [0.4, 0.5) is 10.1 Å². The van der Waals surface area contributed by atoms with Gasteiger partial charge in [0.05, 0.1) is 17.1 Å². The van der Waals surface area contributed by atoms with Crippen molar-refractivity contribution >= 4 is 74.1 Å². The Kier molecular flexibility index (Phi) is 30.5. The number of benzene rings is 4. The topological polar surface area (TPSA) is 147 Å². The van der Waals surface area contributed by atoms with Crippen molar-refractivity contribution in [1.82, 2.24) is 14.8 Å². The van der Waals surface area contributed by atoms with Gasteiger partial charge in [-0.1, -0.05) is 145 Å². The Balaban J connectivity index is 0.000000433. The number of anilines is 1. The monoisotopic (exact) mass is 1180 g/mol. The summed E-state index contributed by atoms with van der Waals surface area (Å²) in [5.41, 5.74) is 8.00. The summed E-state index contributed by atoms with van der Waals surface area (Å²) in [6.07, 6.45) is 9.39. The molecule has 4 aromatic carbocycles. The van der Waals surface area contributed by atoms with Crippen molar-refractivity contribution < 1.29 is 42.9 Å². The standard InChI is InChI=1S/C40H49ClFNO3.C26H39N3O5.2C2H6/c1-8-13-27(6)36(28(7)26(5)10-3)37-34(41)20-19-33-32(39(40(44)45)43(38(33)37)22-21-25(4)9-2)15-12-23-46-35-16-11-14-29-24-30(42)17-18-31(29)35;1-7-13-28(14-8-2)25(32)16-34-20-9-10-22(21(15-20)18(5)17(3)4)29(19(6)30)23-11-12-24(31)27-26(23)33;2*1-2/h11,13-14,16-20,24-26H,8-10,12,15,21-23H2,1-7H3,(H,44,45);9-10,15,17-18,23H,7-8,11-14,16H2,1-6H3,(H,27,31,33);2*1-2H3/b27-13-,36-28+;;;. The highest BCUT2D eigenvalue weighted by Crippen LogP contribution is 2.43. The average Bonchev–Trinajstić information content (AvgIpc) is 2.75. The summed E-state index contributed by atoms with van der Waals surface area (Å²) in [6, 6.07) is 18.8. The molecule has 1 aliphatic heterocycles. The molecular weight excluding hydrogens is 1080 g/mol. The molecule has 0 bridgehead atoms. The number of aromatic carboxylic acids is 1. The van der Waals surface area contributed by atoms with Gasteiger partial charge in [0.2, 0.25) is 17.7 Å². The Morgan fingerprint density at radius 2 is 1.52 bits per heavy atom. The number of carbonyl (C=O) groups is 5. The number of imide groups is 1. The van der Waals surface area contributed by atoms with Crippen LogP contribution in [-0.4, -0.2) is 76.5 Å². The Morgan fingerprint density at radius 1 is 0.857 bits per heavy atom. The minimum atomic E-state index is -0.931. The number of carboxylic acids is 1. The predicted octanol–water partition coefficient (Wildman–Crippen LogP) is 17.6. The molecule has 1 aromatic heterocycles. The number of hydrogen-bond donors (Lipinski definition) is 2. The van der Waals surface area contributed by atoms with E-state index in [2.05, 4.69) is 80.6 Å². The molecule has 1 fully saturated rings. The molecule has 12 nitrogen and oxygen atoms in total. The molecule has 4 atom stereocenters. The molecule has 2 heterocycles. The third-order valence-corrected chi connectivity index (χ3v) is 16.2. The van der Waals surface area contributed by atoms with Crippen molar-refractivity contribution in [2.45, 2.75) is 200 Å². The molecule has 0 spiro atoms. The number of allylic oxidation sites excluding steroid dienone is 4. The Bertz CT molecular complexity index is 3040. The molecule has 4 amide bonds. The van der Waals surface area contributed by atoms with Crippen LogP contribution in [0.2, 0.25) is 5.02 Å². The molecular formula is C70H100ClFN4O8. The number of piperidine rings is 1. The molecule has 462 valence electrons. The van der Waals surface area contributed by atoms with E-state index in [4.69, 9.17) is 21.1 Å². The fourth-order valence-corrected chi connectivity index (χ4v) is 10.9. The van der Waals surface area contributed by atoms with Gasteiger partial charge >= 0.3 is 5.97 Å². The maximum Gasteiger partial charge on any atom is 0.352 e. The highest BCUT2D eigenvalue weighted by molar-refractivity contribution is 6.34. The van der Waals surface area contributed by atoms with Gasteiger partial charge in [-0.15, -0.1) is 0 Å². The first kappa shape index (κ1) is 71.8. The molecule has 1 aliphatic rings. The van der Waals surface area contributed by atoms with Crippen molar-refractivity contribution in [3.8, 4) is 11.5 Å². The first-order chi connectivity index (χ1) is 40.1. The zero-order chi connectivity index (χ0) is 63.0. The van der Waals surface area contributed by atoms with Crippen molar-refractivity contribution in [1.29, 1.82) is 0 Å². The normalized spacial score (nSPS) is 14.6. The number of rotatable bonds is 26. The molecule has 84 heavy (non-hydrogen) atoms. The van der Waals surface area contributed by atoms with Crippen LogP contribution in [0.1, 0.15) is 209 Å². The average molecular weight is 1180 g/mol. The van der Waals surface area contributed by atoms with Gasteiger partial charge in [-0.2, -0.15) is 0 Å². The van der Waals surface area contributed by atoms with E-state index in [1.165, 1.54) is 29.5 Å². The van der Waals surface area contributed by atoms with Gasteiger partial charge in [0.25, 0.3) is 5.91 Å². The predicted molar refractivity (Wildman–Crippen MR) is 346 cm³/mol. The SMILES string of the molecule is CC.CC.CC/C=C(C)\C(=C(\C)C(C)CC)c1c(Cl)ccc2c(CCCOc3cccc4cc(F)ccc34)c(C(=O)O)n(CCC(C)CC)c12.CCCN(CCC)C(=O)COc1ccc(N(C(C)=O)C2CCC(=O)NC2=O)c(C(C)C(C)C)c1. The lowest BCUT2D eigenvalue weighted by Gasteiger charge is -2.35. The number of aryl methyl sites for hydroxylation is 2. The molecule has 1 saturated heterocycles. The van der Waals surface area contributed by atoms with Gasteiger partial charge in [-0.05, 0) is 165 Å². The minimum absolute atomic E-state index is 0.0554. The minimum Gasteiger partial charge on any atom is -0.493 e. The van der Waals surface area contributed by atoms with E-state index in [9.17, 15) is 33.5 Å². The largest absolute Gasteiger partial charge is 0.493 e. The van der Waals surface area contributed by atoms with Gasteiger partial charge < -0.3 is 24.0 Å². The van der Waals surface area contributed by atoms with Gasteiger partial charge in [0.1, 0.15) is 29.1 Å². The van der Waals surface area contributed by atoms with Crippen LogP contribution < -0.4 is 19.7 Å². The second-order valence-corrected chi connectivity index (χ2v) is 22.3. The summed E-state index contributed by atoms with van der Waals surface area (Å²) in [5.74, 6) is 0.00226. The highest BCUT2D eigenvalue weighted by Gasteiger charge is 2.36. The van der Waals surface area contributed by atoms with Crippen LogP contribution in [0.15, 0.2) is 84.0 Å². The molecule has 0 aliphatic carbocycles. The van der Waals surface area contributed by atoms with Crippen LogP contribution in [0.3, 0.4) is 0 Å². The molecule has 14 heteroatoms. The lowest BCUT2D eigenvalue weighted by Crippen LogP contribution is -2.54. The van der Waals surface area contributed by atoms with E-state index in [-0.39, 0.29) is 54.8 Å². The molecule has 0 radical (unpaired) electrons. The van der Waals surface area contributed by atoms with E-state index in [0.29, 0.717) is 78.8 Å². The van der Waals surface area contributed by atoms with Crippen LogP contribution in [0.25, 0.3) is 27.2 Å². The summed E-state index contributed by atoms with van der Waals surface area (Å²) >= 11 is 7.12. The Labute approximate surface area is 507 Å². The summed E-state index contributed by atoms with van der Waals surface area (Å²) in [5, 5.41) is 16.3. The van der Waals surface area contributed by atoms with Gasteiger partial charge in [0, 0.05) is 55.0 Å². The van der Waals surface area contributed by atoms with E-state index in [1.807, 2.05) is 87.4 Å². The molecule has 6 rings (SSSR count). The van der Waals surface area contributed by atoms with Crippen molar-refractivity contribution in [3.63, 3.8) is 0 Å². The lowest BCUT2D eigenvalue weighted by molar-refractivity contribution is -0.135. The number of fused-ring (bicyclic) bond motifs is 2. The summed E-state index contributed by atoms with van der Waals surface area (Å²) in [6.45, 7) is 37.4. The highest BCUT2D eigenvalue weighted by atomic mass is 35.5. The number of hydrogen-bond acceptors (Lipinski definition) is 7. The third kappa shape index (κ3) is 18.8. The lowest BCUT2D eigenvalue weighted by atomic mass is 9.86. The molecule has 0 saturated carbocycles. The second kappa shape index (κ2) is 35.7. The zero-order valence-corrected chi connectivity index (χ0v) is 54.6. The van der Waals surface area contributed by atoms with Crippen molar-refractivity contribution in [2.24, 2.45) is 17.8 Å². The van der Waals surface area contributed by atoms with Crippen molar-refractivity contribution in [2.75, 3.05) is 31.2 Å². The van der Waals surface area contributed by atoms with Crippen LogP contribution in [0, 0.1) is 23.6 Å². The quantitative estimate of drug-likeness (QED) is 0.0316. The number of carbonyl (C=O) groups excluding carboxylic acids is 4. The smallest absolute Gasteiger partial charge is 0.352 e. The van der Waals surface area contributed by atoms with Gasteiger partial charge in [-0.3, -0.25) is 29.4 Å². The number of carboxylic acid groups (broad SMARTS) is 1. The maximum atomic E-state index is 13.8. The molecule has 4 unspecified atom stereocenters. The number of nitrogens with zero attached hydrogens (tertiary/aromatic N) is 3. The van der Waals surface area contributed by atoms with Gasteiger partial charge in [0.15, 0.2) is 6.61 Å². The number of aromatic nitrogens is 1. The fraction of sp³-hybridized carbons (Fsp3) is 0.529. The Hall–Kier alpha value is -6.47. The molecule has 2 N–H and O–H groups in total. The maximum absolute atomic E-state index is 13.8. The number of halogens is 2. The van der Waals surface area contributed by atoms with Crippen LogP contribution >= 0.6 is 11.6 Å². The fourth-order valence-electron chi connectivity index (χ4n) is 10.6. The number of nitrogens with one attached hydrogen (secondary N) is 1. The van der Waals surface area contributed by atoms with E-state index < -0.39 is 17.9 Å². The van der Waals surface area contributed by atoms with Crippen LogP contribution in [0.5, 0.6) is 11.5 Å². The summed E-state index contributed by atoms with van der Waals surface area (Å²) in [7, 11) is 0. The third-order valence-electron chi connectivity index (χ3n) is 15.9. The van der Waals surface area contributed by atoms with Crippen molar-refractivity contribution in [3.05, 3.63) is 117 Å². The van der Waals surface area contributed by atoms with E-state index in [0.717, 1.165) is 88.0 Å². The number of amides is 4. The van der Waals surface area contributed by atoms with Gasteiger partial charge in [-0.25, -0.2) is 9.18 Å². The zero-order valence-electron chi connectivity index (χ0n) is 53.8. The number of ether oxygens (including phenoxy) is 2. The van der Waals surface area contributed by atoms with E-state index in [1.54, 1.807) is 18.2 Å². The second-order valence-electron chi connectivity index (χ2n) is 21.9. The molecule has 5 aromatic rings. The first-order valence-corrected chi connectivity index (χ1v) is 31.5. The summed E-state index contributed by atoms with van der Waals surface area (Å²) in [4.78, 5) is 65.9.